The number of fused-ring (bicyclic) bond motifs is 1. The summed E-state index contributed by atoms with van der Waals surface area (Å²) in [6.45, 7) is 0. The van der Waals surface area contributed by atoms with Gasteiger partial charge >= 0.3 is 5.97 Å². The summed E-state index contributed by atoms with van der Waals surface area (Å²) in [5.41, 5.74) is 12.2. The van der Waals surface area contributed by atoms with Crippen LogP contribution in [0.2, 0.25) is 0 Å². The van der Waals surface area contributed by atoms with E-state index in [9.17, 15) is 4.79 Å². The van der Waals surface area contributed by atoms with E-state index >= 15 is 0 Å². The lowest BCUT2D eigenvalue weighted by Crippen LogP contribution is -2.02. The number of aromatic nitrogens is 2. The summed E-state index contributed by atoms with van der Waals surface area (Å²) in [6, 6.07) is 3.00. The van der Waals surface area contributed by atoms with Crippen LogP contribution < -0.4 is 11.5 Å². The summed E-state index contributed by atoms with van der Waals surface area (Å²) >= 11 is 0. The van der Waals surface area contributed by atoms with E-state index in [0.29, 0.717) is 11.0 Å². The van der Waals surface area contributed by atoms with Crippen molar-refractivity contribution in [1.82, 2.24) is 9.97 Å². The van der Waals surface area contributed by atoms with E-state index < -0.39 is 5.97 Å². The lowest BCUT2D eigenvalue weighted by molar-refractivity contribution is 0.0698. The molecule has 0 aliphatic rings. The second-order valence-corrected chi connectivity index (χ2v) is 2.85. The average molecular weight is 192 g/mol. The summed E-state index contributed by atoms with van der Waals surface area (Å²) in [6.07, 6.45) is 0. The molecule has 6 nitrogen and oxygen atoms in total. The Morgan fingerprint density at radius 1 is 1.43 bits per heavy atom. The van der Waals surface area contributed by atoms with E-state index in [1.54, 1.807) is 6.07 Å². The third kappa shape index (κ3) is 1.05. The Balaban J connectivity index is 2.80. The molecule has 0 bridgehead atoms. The van der Waals surface area contributed by atoms with Gasteiger partial charge in [0.2, 0.25) is 0 Å². The number of nitrogens with two attached hydrogens (primary N) is 2. The molecule has 0 saturated carbocycles. The fourth-order valence-corrected chi connectivity index (χ4v) is 1.30. The first-order valence-electron chi connectivity index (χ1n) is 3.86. The maximum Gasteiger partial charge on any atom is 0.337 e. The molecule has 2 rings (SSSR count). The molecule has 0 saturated heterocycles. The number of aromatic amines is 1. The van der Waals surface area contributed by atoms with Crippen molar-refractivity contribution in [3.05, 3.63) is 17.7 Å². The van der Waals surface area contributed by atoms with Gasteiger partial charge < -0.3 is 21.6 Å². The lowest BCUT2D eigenvalue weighted by atomic mass is 10.1. The molecule has 0 fully saturated rings. The molecule has 6 heteroatoms. The maximum absolute atomic E-state index is 10.7. The molecular formula is C8H8N4O2. The monoisotopic (exact) mass is 192 g/mol. The number of hydrogen-bond donors (Lipinski definition) is 4. The molecule has 0 atom stereocenters. The Hall–Kier alpha value is -2.24. The number of aromatic carboxylic acids is 1. The lowest BCUT2D eigenvalue weighted by Gasteiger charge is -1.99. The zero-order valence-electron chi connectivity index (χ0n) is 7.11. The minimum absolute atomic E-state index is 0.0315. The molecule has 72 valence electrons. The molecule has 0 aliphatic carbocycles. The number of hydrogen-bond acceptors (Lipinski definition) is 4. The molecule has 6 N–H and O–H groups in total. The Kier molecular flexibility index (Phi) is 1.57. The van der Waals surface area contributed by atoms with Gasteiger partial charge in [0.05, 0.1) is 16.8 Å². The molecule has 1 heterocycles. The summed E-state index contributed by atoms with van der Waals surface area (Å²) in [5.74, 6) is -0.861. The summed E-state index contributed by atoms with van der Waals surface area (Å²) < 4.78 is 0. The van der Waals surface area contributed by atoms with Crippen molar-refractivity contribution in [2.75, 3.05) is 11.5 Å². The maximum atomic E-state index is 10.7. The first kappa shape index (κ1) is 8.36. The fraction of sp³-hybridized carbons (Fsp3) is 0. The van der Waals surface area contributed by atoms with E-state index in [0.717, 1.165) is 0 Å². The van der Waals surface area contributed by atoms with Crippen LogP contribution in [0.1, 0.15) is 10.4 Å². The SMILES string of the molecule is Nc1nc2c(N)c(C(=O)O)ccc2[nH]1. The van der Waals surface area contributed by atoms with Crippen LogP contribution in [0.4, 0.5) is 11.6 Å². The Morgan fingerprint density at radius 3 is 2.79 bits per heavy atom. The van der Waals surface area contributed by atoms with Gasteiger partial charge in [-0.2, -0.15) is 0 Å². The van der Waals surface area contributed by atoms with Crippen molar-refractivity contribution in [1.29, 1.82) is 0 Å². The second kappa shape index (κ2) is 2.63. The van der Waals surface area contributed by atoms with Gasteiger partial charge in [0.15, 0.2) is 5.95 Å². The number of carbonyl (C=O) groups is 1. The minimum atomic E-state index is -1.08. The highest BCUT2D eigenvalue weighted by Crippen LogP contribution is 2.23. The van der Waals surface area contributed by atoms with Crippen LogP contribution in [0.15, 0.2) is 12.1 Å². The van der Waals surface area contributed by atoms with Crippen molar-refractivity contribution in [2.45, 2.75) is 0 Å². The van der Waals surface area contributed by atoms with Crippen molar-refractivity contribution < 1.29 is 9.90 Å². The van der Waals surface area contributed by atoms with Crippen LogP contribution in [0.5, 0.6) is 0 Å². The van der Waals surface area contributed by atoms with Gasteiger partial charge in [-0.25, -0.2) is 9.78 Å². The van der Waals surface area contributed by atoms with Gasteiger partial charge in [-0.15, -0.1) is 0 Å². The third-order valence-electron chi connectivity index (χ3n) is 1.94. The summed E-state index contributed by atoms with van der Waals surface area (Å²) in [5, 5.41) is 8.78. The number of H-pyrrole nitrogens is 1. The van der Waals surface area contributed by atoms with Crippen LogP contribution >= 0.6 is 0 Å². The third-order valence-corrected chi connectivity index (χ3v) is 1.94. The molecule has 1 aromatic heterocycles. The number of benzene rings is 1. The van der Waals surface area contributed by atoms with Gasteiger partial charge in [-0.3, -0.25) is 0 Å². The number of carboxylic acid groups (broad SMARTS) is 1. The van der Waals surface area contributed by atoms with Gasteiger partial charge in [0, 0.05) is 0 Å². The van der Waals surface area contributed by atoms with E-state index in [1.165, 1.54) is 6.07 Å². The van der Waals surface area contributed by atoms with Crippen molar-refractivity contribution >= 4 is 28.6 Å². The second-order valence-electron chi connectivity index (χ2n) is 2.85. The smallest absolute Gasteiger partial charge is 0.337 e. The molecule has 0 radical (unpaired) electrons. The summed E-state index contributed by atoms with van der Waals surface area (Å²) in [7, 11) is 0. The highest BCUT2D eigenvalue weighted by molar-refractivity contribution is 6.02. The molecule has 0 amide bonds. The van der Waals surface area contributed by atoms with Gasteiger partial charge in [0.25, 0.3) is 0 Å². The standard InChI is InChI=1S/C8H8N4O2/c9-5-3(7(13)14)1-2-4-6(5)12-8(10)11-4/h1-2H,9H2,(H,13,14)(H3,10,11,12). The molecule has 0 unspecified atom stereocenters. The number of rotatable bonds is 1. The topological polar surface area (TPSA) is 118 Å². The molecule has 0 aliphatic heterocycles. The van der Waals surface area contributed by atoms with Crippen molar-refractivity contribution in [3.8, 4) is 0 Å². The van der Waals surface area contributed by atoms with Crippen LogP contribution in [-0.2, 0) is 0 Å². The number of nitrogen functional groups attached to an aromatic ring is 2. The Bertz CT molecular complexity index is 517. The van der Waals surface area contributed by atoms with Crippen LogP contribution in [0.3, 0.4) is 0 Å². The average Bonchev–Trinajstić information content (AvgIpc) is 2.46. The largest absolute Gasteiger partial charge is 0.478 e. The molecular weight excluding hydrogens is 184 g/mol. The van der Waals surface area contributed by atoms with Crippen LogP contribution in [0, 0.1) is 0 Å². The van der Waals surface area contributed by atoms with Crippen LogP contribution in [0.25, 0.3) is 11.0 Å². The molecule has 14 heavy (non-hydrogen) atoms. The highest BCUT2D eigenvalue weighted by atomic mass is 16.4. The first-order valence-corrected chi connectivity index (χ1v) is 3.86. The number of nitrogens with one attached hydrogen (secondary N) is 1. The van der Waals surface area contributed by atoms with Crippen molar-refractivity contribution in [2.24, 2.45) is 0 Å². The van der Waals surface area contributed by atoms with E-state index in [4.69, 9.17) is 16.6 Å². The molecule has 2 aromatic rings. The Morgan fingerprint density at radius 2 is 2.14 bits per heavy atom. The number of imidazole rings is 1. The van der Waals surface area contributed by atoms with Gasteiger partial charge in [0.1, 0.15) is 5.52 Å². The van der Waals surface area contributed by atoms with Crippen LogP contribution in [-0.4, -0.2) is 21.0 Å². The zero-order chi connectivity index (χ0) is 10.3. The van der Waals surface area contributed by atoms with Gasteiger partial charge in [-0.05, 0) is 12.1 Å². The number of nitrogens with zero attached hydrogens (tertiary/aromatic N) is 1. The first-order chi connectivity index (χ1) is 6.59. The molecule has 0 spiro atoms. The zero-order valence-corrected chi connectivity index (χ0v) is 7.11. The van der Waals surface area contributed by atoms with E-state index in [-0.39, 0.29) is 17.2 Å². The number of carboxylic acids is 1. The van der Waals surface area contributed by atoms with Gasteiger partial charge in [-0.1, -0.05) is 0 Å². The highest BCUT2D eigenvalue weighted by Gasteiger charge is 2.12. The minimum Gasteiger partial charge on any atom is -0.478 e. The summed E-state index contributed by atoms with van der Waals surface area (Å²) in [4.78, 5) is 17.4. The van der Waals surface area contributed by atoms with Crippen molar-refractivity contribution in [3.63, 3.8) is 0 Å². The predicted octanol–water partition coefficient (Wildman–Crippen LogP) is 0.426. The normalized spacial score (nSPS) is 10.6. The number of anilines is 2. The van der Waals surface area contributed by atoms with E-state index in [1.807, 2.05) is 0 Å². The predicted molar refractivity (Wildman–Crippen MR) is 51.9 cm³/mol. The quantitative estimate of drug-likeness (QED) is 0.488. The van der Waals surface area contributed by atoms with E-state index in [2.05, 4.69) is 9.97 Å². The molecule has 1 aromatic carbocycles. The Labute approximate surface area is 78.5 Å². The fourth-order valence-electron chi connectivity index (χ4n) is 1.30.